The van der Waals surface area contributed by atoms with Crippen molar-refractivity contribution in [1.29, 1.82) is 0 Å². The van der Waals surface area contributed by atoms with Crippen LogP contribution in [0.2, 0.25) is 0 Å². The first-order valence-corrected chi connectivity index (χ1v) is 8.72. The van der Waals surface area contributed by atoms with Crippen molar-refractivity contribution in [2.75, 3.05) is 11.1 Å². The van der Waals surface area contributed by atoms with E-state index in [2.05, 4.69) is 5.32 Å². The van der Waals surface area contributed by atoms with E-state index in [4.69, 9.17) is 15.2 Å². The summed E-state index contributed by atoms with van der Waals surface area (Å²) in [5.41, 5.74) is 7.22. The quantitative estimate of drug-likeness (QED) is 0.686. The molecule has 0 saturated heterocycles. The molecule has 0 aromatic heterocycles. The van der Waals surface area contributed by atoms with Gasteiger partial charge in [-0.3, -0.25) is 5.32 Å². The van der Waals surface area contributed by atoms with Gasteiger partial charge in [-0.25, -0.2) is 9.18 Å². The lowest BCUT2D eigenvalue weighted by atomic mass is 10.0. The molecule has 2 aromatic carbocycles. The molecule has 6 heteroatoms. The van der Waals surface area contributed by atoms with Gasteiger partial charge in [-0.2, -0.15) is 0 Å². The Labute approximate surface area is 159 Å². The second-order valence-corrected chi connectivity index (χ2v) is 8.28. The Hall–Kier alpha value is -2.76. The van der Waals surface area contributed by atoms with E-state index in [9.17, 15) is 9.18 Å². The van der Waals surface area contributed by atoms with Crippen molar-refractivity contribution in [3.8, 4) is 16.9 Å². The number of hydrogen-bond acceptors (Lipinski definition) is 4. The molecule has 0 aliphatic heterocycles. The number of nitrogen functional groups attached to an aromatic ring is 1. The van der Waals surface area contributed by atoms with Gasteiger partial charge >= 0.3 is 6.09 Å². The summed E-state index contributed by atoms with van der Waals surface area (Å²) in [6.45, 7) is 11.1. The van der Waals surface area contributed by atoms with E-state index in [1.54, 1.807) is 45.0 Å². The predicted molar refractivity (Wildman–Crippen MR) is 106 cm³/mol. The molecule has 27 heavy (non-hydrogen) atoms. The molecule has 0 unspecified atom stereocenters. The van der Waals surface area contributed by atoms with Crippen LogP contribution in [-0.2, 0) is 4.74 Å². The van der Waals surface area contributed by atoms with Gasteiger partial charge in [-0.15, -0.1) is 0 Å². The maximum Gasteiger partial charge on any atom is 0.412 e. The van der Waals surface area contributed by atoms with Crippen molar-refractivity contribution in [2.45, 2.75) is 52.7 Å². The minimum Gasteiger partial charge on any atom is -0.487 e. The van der Waals surface area contributed by atoms with Gasteiger partial charge in [0.25, 0.3) is 0 Å². The average molecular weight is 374 g/mol. The van der Waals surface area contributed by atoms with Crippen molar-refractivity contribution in [2.24, 2.45) is 0 Å². The number of benzene rings is 2. The first-order chi connectivity index (χ1) is 12.3. The van der Waals surface area contributed by atoms with Gasteiger partial charge in [0.15, 0.2) is 0 Å². The first kappa shape index (κ1) is 20.6. The number of amides is 1. The molecular weight excluding hydrogens is 347 g/mol. The number of rotatable bonds is 3. The molecule has 1 amide bonds. The molecule has 0 atom stereocenters. The van der Waals surface area contributed by atoms with Gasteiger partial charge in [0, 0.05) is 11.6 Å². The van der Waals surface area contributed by atoms with Crippen molar-refractivity contribution in [1.82, 2.24) is 0 Å². The fourth-order valence-electron chi connectivity index (χ4n) is 2.39. The van der Waals surface area contributed by atoms with E-state index < -0.39 is 17.3 Å². The lowest BCUT2D eigenvalue weighted by Crippen LogP contribution is -2.27. The molecule has 3 N–H and O–H groups in total. The summed E-state index contributed by atoms with van der Waals surface area (Å²) < 4.78 is 24.6. The van der Waals surface area contributed by atoms with Gasteiger partial charge in [-0.1, -0.05) is 12.1 Å². The van der Waals surface area contributed by atoms with Crippen LogP contribution in [0.1, 0.15) is 41.5 Å². The minimum absolute atomic E-state index is 0.326. The van der Waals surface area contributed by atoms with Gasteiger partial charge in [0.2, 0.25) is 0 Å². The van der Waals surface area contributed by atoms with Crippen LogP contribution in [-0.4, -0.2) is 17.3 Å². The van der Waals surface area contributed by atoms with Crippen molar-refractivity contribution in [3.63, 3.8) is 0 Å². The second kappa shape index (κ2) is 7.47. The molecule has 0 radical (unpaired) electrons. The summed E-state index contributed by atoms with van der Waals surface area (Å²) in [5, 5.41) is 2.65. The molecule has 0 saturated carbocycles. The third kappa shape index (κ3) is 6.16. The van der Waals surface area contributed by atoms with Crippen LogP contribution < -0.4 is 15.8 Å². The summed E-state index contributed by atoms with van der Waals surface area (Å²) in [4.78, 5) is 12.1. The Kier molecular flexibility index (Phi) is 5.68. The maximum atomic E-state index is 13.3. The second-order valence-electron chi connectivity index (χ2n) is 8.28. The number of anilines is 2. The molecule has 0 spiro atoms. The number of halogens is 1. The Bertz CT molecular complexity index is 819. The van der Waals surface area contributed by atoms with E-state index in [0.29, 0.717) is 22.7 Å². The molecule has 0 bridgehead atoms. The largest absolute Gasteiger partial charge is 0.487 e. The maximum absolute atomic E-state index is 13.3. The van der Waals surface area contributed by atoms with Gasteiger partial charge in [-0.05, 0) is 65.3 Å². The number of hydrogen-bond donors (Lipinski definition) is 2. The highest BCUT2D eigenvalue weighted by Crippen LogP contribution is 2.38. The lowest BCUT2D eigenvalue weighted by Gasteiger charge is -2.25. The smallest absolute Gasteiger partial charge is 0.412 e. The monoisotopic (exact) mass is 374 g/mol. The molecule has 2 rings (SSSR count). The standard InChI is InChI=1S/C21H27FN2O3/c1-20(2,3)26-18-12-17(24-19(25)27-21(4,5)6)16(23)11-15(18)13-7-9-14(22)10-8-13/h7-12H,23H2,1-6H3,(H,24,25). The van der Waals surface area contributed by atoms with Crippen LogP contribution in [0, 0.1) is 5.82 Å². The highest BCUT2D eigenvalue weighted by molar-refractivity contribution is 5.92. The van der Waals surface area contributed by atoms with Gasteiger partial charge in [0.1, 0.15) is 22.8 Å². The third-order valence-electron chi connectivity index (χ3n) is 3.36. The van der Waals surface area contributed by atoms with E-state index in [1.807, 2.05) is 20.8 Å². The van der Waals surface area contributed by atoms with Crippen molar-refractivity contribution < 1.29 is 18.7 Å². The molecule has 2 aromatic rings. The Balaban J connectivity index is 2.45. The van der Waals surface area contributed by atoms with E-state index >= 15 is 0 Å². The molecule has 5 nitrogen and oxygen atoms in total. The number of carbonyl (C=O) groups excluding carboxylic acids is 1. The fraction of sp³-hybridized carbons (Fsp3) is 0.381. The molecule has 0 fully saturated rings. The summed E-state index contributed by atoms with van der Waals surface area (Å²) in [6.07, 6.45) is -0.606. The molecule has 0 aliphatic carbocycles. The normalized spacial score (nSPS) is 11.8. The zero-order chi connectivity index (χ0) is 20.4. The van der Waals surface area contributed by atoms with Crippen LogP contribution in [0.25, 0.3) is 11.1 Å². The van der Waals surface area contributed by atoms with Crippen LogP contribution >= 0.6 is 0 Å². The Morgan fingerprint density at radius 2 is 1.59 bits per heavy atom. The van der Waals surface area contributed by atoms with Crippen LogP contribution in [0.3, 0.4) is 0 Å². The summed E-state index contributed by atoms with van der Waals surface area (Å²) >= 11 is 0. The van der Waals surface area contributed by atoms with Crippen LogP contribution in [0.4, 0.5) is 20.6 Å². The number of ether oxygens (including phenoxy) is 2. The zero-order valence-corrected chi connectivity index (χ0v) is 16.6. The highest BCUT2D eigenvalue weighted by atomic mass is 19.1. The molecule has 0 aliphatic rings. The fourth-order valence-corrected chi connectivity index (χ4v) is 2.39. The third-order valence-corrected chi connectivity index (χ3v) is 3.36. The Morgan fingerprint density at radius 3 is 2.11 bits per heavy atom. The van der Waals surface area contributed by atoms with Crippen LogP contribution in [0.15, 0.2) is 36.4 Å². The topological polar surface area (TPSA) is 73.6 Å². The van der Waals surface area contributed by atoms with E-state index in [1.165, 1.54) is 12.1 Å². The predicted octanol–water partition coefficient (Wildman–Crippen LogP) is 5.60. The molecule has 0 heterocycles. The minimum atomic E-state index is -0.627. The zero-order valence-electron chi connectivity index (χ0n) is 16.6. The average Bonchev–Trinajstić information content (AvgIpc) is 2.48. The summed E-state index contributed by atoms with van der Waals surface area (Å²) in [5.74, 6) is 0.197. The van der Waals surface area contributed by atoms with Crippen molar-refractivity contribution in [3.05, 3.63) is 42.2 Å². The van der Waals surface area contributed by atoms with Gasteiger partial charge in [0.05, 0.1) is 11.4 Å². The summed E-state index contributed by atoms with van der Waals surface area (Å²) in [7, 11) is 0. The highest BCUT2D eigenvalue weighted by Gasteiger charge is 2.21. The van der Waals surface area contributed by atoms with Gasteiger partial charge < -0.3 is 15.2 Å². The molecular formula is C21H27FN2O3. The van der Waals surface area contributed by atoms with Crippen molar-refractivity contribution >= 4 is 17.5 Å². The van der Waals surface area contributed by atoms with Crippen LogP contribution in [0.5, 0.6) is 5.75 Å². The lowest BCUT2D eigenvalue weighted by molar-refractivity contribution is 0.0636. The SMILES string of the molecule is CC(C)(C)OC(=O)Nc1cc(OC(C)(C)C)c(-c2ccc(F)cc2)cc1N. The summed E-state index contributed by atoms with van der Waals surface area (Å²) in [6, 6.07) is 9.41. The number of nitrogens with one attached hydrogen (secondary N) is 1. The number of carbonyl (C=O) groups is 1. The van der Waals surface area contributed by atoms with E-state index in [0.717, 1.165) is 5.56 Å². The number of nitrogens with two attached hydrogens (primary N) is 1. The molecule has 146 valence electrons. The first-order valence-electron chi connectivity index (χ1n) is 8.72. The Morgan fingerprint density at radius 1 is 1.00 bits per heavy atom. The van der Waals surface area contributed by atoms with E-state index in [-0.39, 0.29) is 5.82 Å².